The second kappa shape index (κ2) is 8.80. The van der Waals surface area contributed by atoms with Crippen molar-refractivity contribution in [2.45, 2.75) is 6.54 Å². The number of nitrogens with one attached hydrogen (secondary N) is 2. The van der Waals surface area contributed by atoms with Crippen LogP contribution in [-0.4, -0.2) is 45.9 Å². The lowest BCUT2D eigenvalue weighted by Crippen LogP contribution is -2.30. The third-order valence-electron chi connectivity index (χ3n) is 4.22. The molecule has 0 aliphatic heterocycles. The second-order valence-corrected chi connectivity index (χ2v) is 7.34. The molecular weight excluding hydrogens is 388 g/mol. The van der Waals surface area contributed by atoms with E-state index in [9.17, 15) is 4.79 Å². The minimum absolute atomic E-state index is 0.119. The zero-order chi connectivity index (χ0) is 20.1. The van der Waals surface area contributed by atoms with Crippen molar-refractivity contribution in [2.75, 3.05) is 25.6 Å². The van der Waals surface area contributed by atoms with E-state index in [1.54, 1.807) is 41.8 Å². The topological polar surface area (TPSA) is 94.0 Å². The quantitative estimate of drug-likeness (QED) is 0.435. The summed E-state index contributed by atoms with van der Waals surface area (Å²) < 4.78 is 6.49. The summed E-state index contributed by atoms with van der Waals surface area (Å²) in [5.41, 5.74) is 1.90. The fourth-order valence-electron chi connectivity index (χ4n) is 2.85. The normalized spacial score (nSPS) is 10.9. The van der Waals surface area contributed by atoms with Crippen molar-refractivity contribution in [3.8, 4) is 10.4 Å². The standard InChI is InChI=1S/C20H20N6O2S/c1-28-8-7-21-18(27)12-26-11-15(10-24-26)25-19-16-9-17(14-5-3-2-4-6-14)29-20(16)23-13-22-19/h2-6,9-11,13H,7-8,12H2,1H3,(H,21,27)(H,22,23,25). The molecule has 9 heteroatoms. The minimum atomic E-state index is -0.119. The first-order chi connectivity index (χ1) is 14.2. The highest BCUT2D eigenvalue weighted by molar-refractivity contribution is 7.21. The molecule has 148 valence electrons. The van der Waals surface area contributed by atoms with Crippen molar-refractivity contribution in [3.63, 3.8) is 0 Å². The molecule has 1 aromatic carbocycles. The van der Waals surface area contributed by atoms with Crippen LogP contribution in [0.3, 0.4) is 0 Å². The Morgan fingerprint density at radius 1 is 1.24 bits per heavy atom. The van der Waals surface area contributed by atoms with Gasteiger partial charge in [0.25, 0.3) is 0 Å². The van der Waals surface area contributed by atoms with Crippen molar-refractivity contribution in [1.82, 2.24) is 25.1 Å². The number of fused-ring (bicyclic) bond motifs is 1. The van der Waals surface area contributed by atoms with Crippen LogP contribution in [0.15, 0.2) is 55.1 Å². The van der Waals surface area contributed by atoms with E-state index in [1.165, 1.54) is 0 Å². The molecule has 29 heavy (non-hydrogen) atoms. The van der Waals surface area contributed by atoms with E-state index >= 15 is 0 Å². The smallest absolute Gasteiger partial charge is 0.241 e. The maximum Gasteiger partial charge on any atom is 0.241 e. The van der Waals surface area contributed by atoms with Crippen molar-refractivity contribution < 1.29 is 9.53 Å². The van der Waals surface area contributed by atoms with E-state index in [2.05, 4.69) is 43.9 Å². The molecule has 0 saturated carbocycles. The van der Waals surface area contributed by atoms with Gasteiger partial charge >= 0.3 is 0 Å². The van der Waals surface area contributed by atoms with Crippen LogP contribution in [0.5, 0.6) is 0 Å². The predicted octanol–water partition coefficient (Wildman–Crippen LogP) is 3.06. The Hall–Kier alpha value is -3.30. The van der Waals surface area contributed by atoms with E-state index in [-0.39, 0.29) is 12.5 Å². The fourth-order valence-corrected chi connectivity index (χ4v) is 3.85. The Kier molecular flexibility index (Phi) is 5.78. The number of hydrogen-bond donors (Lipinski definition) is 2. The van der Waals surface area contributed by atoms with Crippen molar-refractivity contribution in [3.05, 3.63) is 55.1 Å². The summed E-state index contributed by atoms with van der Waals surface area (Å²) in [4.78, 5) is 22.7. The molecule has 1 amide bonds. The van der Waals surface area contributed by atoms with Gasteiger partial charge in [0.05, 0.1) is 23.9 Å². The Morgan fingerprint density at radius 3 is 2.93 bits per heavy atom. The monoisotopic (exact) mass is 408 g/mol. The molecule has 0 fully saturated rings. The number of rotatable bonds is 8. The summed E-state index contributed by atoms with van der Waals surface area (Å²) >= 11 is 1.62. The lowest BCUT2D eigenvalue weighted by molar-refractivity contribution is -0.122. The van der Waals surface area contributed by atoms with Crippen molar-refractivity contribution >= 4 is 39.0 Å². The third kappa shape index (κ3) is 4.58. The number of carbonyl (C=O) groups is 1. The van der Waals surface area contributed by atoms with Gasteiger partial charge in [-0.3, -0.25) is 9.48 Å². The number of amides is 1. The largest absolute Gasteiger partial charge is 0.383 e. The maximum absolute atomic E-state index is 11.9. The average Bonchev–Trinajstić information content (AvgIpc) is 3.36. The van der Waals surface area contributed by atoms with Gasteiger partial charge in [-0.25, -0.2) is 9.97 Å². The molecule has 3 aromatic heterocycles. The SMILES string of the molecule is COCCNC(=O)Cn1cc(Nc2ncnc3sc(-c4ccccc4)cc23)cn1. The van der Waals surface area contributed by atoms with Crippen LogP contribution < -0.4 is 10.6 Å². The first-order valence-electron chi connectivity index (χ1n) is 9.08. The van der Waals surface area contributed by atoms with Gasteiger partial charge in [0, 0.05) is 24.7 Å². The van der Waals surface area contributed by atoms with Gasteiger partial charge in [-0.2, -0.15) is 5.10 Å². The molecule has 0 atom stereocenters. The van der Waals surface area contributed by atoms with E-state index in [0.717, 1.165) is 26.3 Å². The van der Waals surface area contributed by atoms with E-state index < -0.39 is 0 Å². The molecule has 0 radical (unpaired) electrons. The van der Waals surface area contributed by atoms with Gasteiger partial charge in [0.15, 0.2) is 0 Å². The third-order valence-corrected chi connectivity index (χ3v) is 5.31. The number of thiophene rings is 1. The van der Waals surface area contributed by atoms with Gasteiger partial charge < -0.3 is 15.4 Å². The summed E-state index contributed by atoms with van der Waals surface area (Å²) in [6.45, 7) is 1.09. The molecule has 0 aliphatic carbocycles. The molecule has 4 rings (SSSR count). The molecule has 0 unspecified atom stereocenters. The summed E-state index contributed by atoms with van der Waals surface area (Å²) in [6.07, 6.45) is 4.98. The average molecular weight is 408 g/mol. The Morgan fingerprint density at radius 2 is 2.10 bits per heavy atom. The van der Waals surface area contributed by atoms with Gasteiger partial charge in [0.2, 0.25) is 5.91 Å². The number of methoxy groups -OCH3 is 1. The molecule has 8 nitrogen and oxygen atoms in total. The van der Waals surface area contributed by atoms with Gasteiger partial charge in [0.1, 0.15) is 23.5 Å². The Bertz CT molecular complexity index is 1110. The maximum atomic E-state index is 11.9. The first-order valence-corrected chi connectivity index (χ1v) is 9.89. The molecule has 0 spiro atoms. The van der Waals surface area contributed by atoms with Crippen LogP contribution in [0.2, 0.25) is 0 Å². The summed E-state index contributed by atoms with van der Waals surface area (Å²) in [5.74, 6) is 0.587. The molecule has 0 saturated heterocycles. The number of carbonyl (C=O) groups excluding carboxylic acids is 1. The van der Waals surface area contributed by atoms with Crippen LogP contribution in [0.25, 0.3) is 20.7 Å². The molecule has 3 heterocycles. The van der Waals surface area contributed by atoms with Crippen molar-refractivity contribution in [2.24, 2.45) is 0 Å². The van der Waals surface area contributed by atoms with Crippen LogP contribution in [-0.2, 0) is 16.1 Å². The number of anilines is 2. The predicted molar refractivity (Wildman–Crippen MR) is 113 cm³/mol. The first kappa shape index (κ1) is 19.0. The molecule has 0 aliphatic rings. The highest BCUT2D eigenvalue weighted by atomic mass is 32.1. The lowest BCUT2D eigenvalue weighted by atomic mass is 10.2. The van der Waals surface area contributed by atoms with Crippen molar-refractivity contribution in [1.29, 1.82) is 0 Å². The van der Waals surface area contributed by atoms with Gasteiger partial charge in [-0.15, -0.1) is 11.3 Å². The van der Waals surface area contributed by atoms with Gasteiger partial charge in [-0.1, -0.05) is 30.3 Å². The lowest BCUT2D eigenvalue weighted by Gasteiger charge is -2.04. The summed E-state index contributed by atoms with van der Waals surface area (Å²) in [7, 11) is 1.60. The number of benzene rings is 1. The highest BCUT2D eigenvalue weighted by Gasteiger charge is 2.11. The molecular formula is C20H20N6O2S. The van der Waals surface area contributed by atoms with E-state index in [4.69, 9.17) is 4.74 Å². The zero-order valence-corrected chi connectivity index (χ0v) is 16.6. The molecule has 0 bridgehead atoms. The van der Waals surface area contributed by atoms with Crippen LogP contribution in [0.1, 0.15) is 0 Å². The Balaban J connectivity index is 1.49. The number of hydrogen-bond acceptors (Lipinski definition) is 7. The zero-order valence-electron chi connectivity index (χ0n) is 15.8. The number of ether oxygens (including phenoxy) is 1. The van der Waals surface area contributed by atoms with Crippen LogP contribution in [0, 0.1) is 0 Å². The summed E-state index contributed by atoms with van der Waals surface area (Å²) in [6, 6.07) is 12.3. The van der Waals surface area contributed by atoms with E-state index in [0.29, 0.717) is 19.0 Å². The molecule has 4 aromatic rings. The number of nitrogens with zero attached hydrogens (tertiary/aromatic N) is 4. The van der Waals surface area contributed by atoms with Gasteiger partial charge in [-0.05, 0) is 11.6 Å². The summed E-state index contributed by atoms with van der Waals surface area (Å²) in [5, 5.41) is 11.2. The van der Waals surface area contributed by atoms with Crippen LogP contribution >= 0.6 is 11.3 Å². The number of aromatic nitrogens is 4. The highest BCUT2D eigenvalue weighted by Crippen LogP contribution is 2.35. The second-order valence-electron chi connectivity index (χ2n) is 6.31. The Labute approximate surface area is 171 Å². The fraction of sp³-hybridized carbons (Fsp3) is 0.200. The van der Waals surface area contributed by atoms with Crippen LogP contribution in [0.4, 0.5) is 11.5 Å². The van der Waals surface area contributed by atoms with E-state index in [1.807, 2.05) is 18.2 Å². The minimum Gasteiger partial charge on any atom is -0.383 e. The molecule has 2 N–H and O–H groups in total.